The molecule has 4 nitrogen and oxygen atoms in total. The molecule has 0 spiro atoms. The lowest BCUT2D eigenvalue weighted by atomic mass is 10.2. The molecule has 2 heterocycles. The first-order valence-electron chi connectivity index (χ1n) is 5.83. The monoisotopic (exact) mass is 221 g/mol. The van der Waals surface area contributed by atoms with Crippen molar-refractivity contribution in [2.45, 2.75) is 39.4 Å². The van der Waals surface area contributed by atoms with Crippen LogP contribution in [0.3, 0.4) is 0 Å². The summed E-state index contributed by atoms with van der Waals surface area (Å²) < 4.78 is 2.11. The first kappa shape index (κ1) is 11.2. The van der Waals surface area contributed by atoms with Crippen molar-refractivity contribution < 1.29 is 4.79 Å². The Morgan fingerprint density at radius 3 is 3.00 bits per heavy atom. The maximum atomic E-state index is 11.9. The Morgan fingerprint density at radius 1 is 1.56 bits per heavy atom. The Bertz CT molecular complexity index is 395. The van der Waals surface area contributed by atoms with E-state index in [4.69, 9.17) is 0 Å². The lowest BCUT2D eigenvalue weighted by Crippen LogP contribution is -2.36. The molecule has 0 aromatic carbocycles. The number of aromatic nitrogens is 1. The summed E-state index contributed by atoms with van der Waals surface area (Å²) in [5, 5.41) is 6.31. The molecule has 0 bridgehead atoms. The predicted molar refractivity (Wildman–Crippen MR) is 63.5 cm³/mol. The van der Waals surface area contributed by atoms with Crippen LogP contribution < -0.4 is 10.6 Å². The van der Waals surface area contributed by atoms with Gasteiger partial charge in [-0.2, -0.15) is 0 Å². The van der Waals surface area contributed by atoms with Crippen molar-refractivity contribution in [3.63, 3.8) is 0 Å². The summed E-state index contributed by atoms with van der Waals surface area (Å²) in [7, 11) is 0. The topological polar surface area (TPSA) is 46.1 Å². The van der Waals surface area contributed by atoms with E-state index >= 15 is 0 Å². The van der Waals surface area contributed by atoms with Crippen LogP contribution in [-0.2, 0) is 6.54 Å². The van der Waals surface area contributed by atoms with Crippen LogP contribution in [0.25, 0.3) is 0 Å². The fraction of sp³-hybridized carbons (Fsp3) is 0.583. The summed E-state index contributed by atoms with van der Waals surface area (Å²) in [6.45, 7) is 7.86. The van der Waals surface area contributed by atoms with E-state index in [1.807, 2.05) is 26.0 Å². The maximum absolute atomic E-state index is 11.9. The van der Waals surface area contributed by atoms with Crippen LogP contribution in [0, 0.1) is 0 Å². The number of hydrogen-bond donors (Lipinski definition) is 2. The van der Waals surface area contributed by atoms with Gasteiger partial charge in [-0.1, -0.05) is 0 Å². The molecular formula is C12H19N3O. The number of rotatable bonds is 2. The zero-order valence-electron chi connectivity index (χ0n) is 10.1. The van der Waals surface area contributed by atoms with Crippen molar-refractivity contribution >= 4 is 5.91 Å². The standard InChI is InChI=1S/C12H19N3O/c1-8(2)14-12(16)11-5-4-10-9(3)13-6-7-15(10)11/h4-5,8-9,13H,6-7H2,1-3H3,(H,14,16). The molecule has 1 unspecified atom stereocenters. The van der Waals surface area contributed by atoms with Gasteiger partial charge in [-0.15, -0.1) is 0 Å². The number of amides is 1. The van der Waals surface area contributed by atoms with Crippen LogP contribution in [0.4, 0.5) is 0 Å². The number of carbonyl (C=O) groups excluding carboxylic acids is 1. The van der Waals surface area contributed by atoms with E-state index in [1.165, 1.54) is 5.69 Å². The Balaban J connectivity index is 2.26. The highest BCUT2D eigenvalue weighted by Gasteiger charge is 2.21. The third kappa shape index (κ3) is 1.97. The number of carbonyl (C=O) groups is 1. The van der Waals surface area contributed by atoms with Crippen LogP contribution in [0.5, 0.6) is 0 Å². The Hall–Kier alpha value is -1.29. The van der Waals surface area contributed by atoms with Crippen molar-refractivity contribution in [1.82, 2.24) is 15.2 Å². The summed E-state index contributed by atoms with van der Waals surface area (Å²) in [6, 6.07) is 4.45. The SMILES string of the molecule is CC(C)NC(=O)c1ccc2n1CCNC2C. The first-order valence-corrected chi connectivity index (χ1v) is 5.83. The van der Waals surface area contributed by atoms with Crippen LogP contribution in [0.1, 0.15) is 43.0 Å². The molecule has 0 saturated carbocycles. The van der Waals surface area contributed by atoms with Gasteiger partial charge in [0.1, 0.15) is 5.69 Å². The molecular weight excluding hydrogens is 202 g/mol. The minimum absolute atomic E-state index is 0.0235. The van der Waals surface area contributed by atoms with Gasteiger partial charge >= 0.3 is 0 Å². The molecule has 88 valence electrons. The second-order valence-electron chi connectivity index (χ2n) is 4.60. The van der Waals surface area contributed by atoms with Crippen LogP contribution in [-0.4, -0.2) is 23.1 Å². The molecule has 1 atom stereocenters. The average Bonchev–Trinajstić information content (AvgIpc) is 2.61. The first-order chi connectivity index (χ1) is 7.59. The molecule has 0 fully saturated rings. The highest BCUT2D eigenvalue weighted by Crippen LogP contribution is 2.20. The molecule has 1 aliphatic heterocycles. The van der Waals surface area contributed by atoms with E-state index in [2.05, 4.69) is 22.1 Å². The number of fused-ring (bicyclic) bond motifs is 1. The molecule has 0 saturated heterocycles. The molecule has 1 amide bonds. The third-order valence-electron chi connectivity index (χ3n) is 2.90. The Kier molecular flexibility index (Phi) is 3.01. The van der Waals surface area contributed by atoms with Gasteiger partial charge in [-0.3, -0.25) is 4.79 Å². The van der Waals surface area contributed by atoms with Crippen LogP contribution >= 0.6 is 0 Å². The van der Waals surface area contributed by atoms with Gasteiger partial charge in [0.2, 0.25) is 0 Å². The lowest BCUT2D eigenvalue weighted by molar-refractivity contribution is 0.0932. The largest absolute Gasteiger partial charge is 0.349 e. The van der Waals surface area contributed by atoms with Gasteiger partial charge in [0.05, 0.1) is 0 Å². The molecule has 2 rings (SSSR count). The second kappa shape index (κ2) is 4.29. The van der Waals surface area contributed by atoms with E-state index in [0.29, 0.717) is 6.04 Å². The van der Waals surface area contributed by atoms with Gasteiger partial charge in [0, 0.05) is 30.9 Å². The molecule has 1 aromatic heterocycles. The quantitative estimate of drug-likeness (QED) is 0.790. The Morgan fingerprint density at radius 2 is 2.31 bits per heavy atom. The molecule has 1 aromatic rings. The highest BCUT2D eigenvalue weighted by molar-refractivity contribution is 5.93. The number of nitrogens with one attached hydrogen (secondary N) is 2. The van der Waals surface area contributed by atoms with Gasteiger partial charge in [-0.25, -0.2) is 0 Å². The smallest absolute Gasteiger partial charge is 0.268 e. The highest BCUT2D eigenvalue weighted by atomic mass is 16.2. The van der Waals surface area contributed by atoms with E-state index in [0.717, 1.165) is 18.8 Å². The third-order valence-corrected chi connectivity index (χ3v) is 2.90. The van der Waals surface area contributed by atoms with Crippen molar-refractivity contribution in [3.05, 3.63) is 23.5 Å². The van der Waals surface area contributed by atoms with Crippen LogP contribution in [0.2, 0.25) is 0 Å². The summed E-state index contributed by atoms with van der Waals surface area (Å²) in [4.78, 5) is 11.9. The average molecular weight is 221 g/mol. The fourth-order valence-electron chi connectivity index (χ4n) is 2.14. The normalized spacial score (nSPS) is 19.6. The minimum atomic E-state index is 0.0235. The maximum Gasteiger partial charge on any atom is 0.268 e. The van der Waals surface area contributed by atoms with Crippen LogP contribution in [0.15, 0.2) is 12.1 Å². The van der Waals surface area contributed by atoms with Crippen molar-refractivity contribution in [3.8, 4) is 0 Å². The number of nitrogens with zero attached hydrogens (tertiary/aromatic N) is 1. The van der Waals surface area contributed by atoms with Crippen molar-refractivity contribution in [2.75, 3.05) is 6.54 Å². The fourth-order valence-corrected chi connectivity index (χ4v) is 2.14. The number of hydrogen-bond acceptors (Lipinski definition) is 2. The van der Waals surface area contributed by atoms with Gasteiger partial charge < -0.3 is 15.2 Å². The predicted octanol–water partition coefficient (Wildman–Crippen LogP) is 1.29. The van der Waals surface area contributed by atoms with E-state index in [1.54, 1.807) is 0 Å². The second-order valence-corrected chi connectivity index (χ2v) is 4.60. The van der Waals surface area contributed by atoms with Gasteiger partial charge in [0.25, 0.3) is 5.91 Å². The minimum Gasteiger partial charge on any atom is -0.349 e. The molecule has 2 N–H and O–H groups in total. The summed E-state index contributed by atoms with van der Waals surface area (Å²) in [5.41, 5.74) is 1.97. The summed E-state index contributed by atoms with van der Waals surface area (Å²) in [6.07, 6.45) is 0. The van der Waals surface area contributed by atoms with Crippen molar-refractivity contribution in [2.24, 2.45) is 0 Å². The Labute approximate surface area is 96.0 Å². The summed E-state index contributed by atoms with van der Waals surface area (Å²) in [5.74, 6) is 0.0235. The molecule has 4 heteroatoms. The van der Waals surface area contributed by atoms with E-state index < -0.39 is 0 Å². The van der Waals surface area contributed by atoms with Gasteiger partial charge in [-0.05, 0) is 32.9 Å². The van der Waals surface area contributed by atoms with Crippen molar-refractivity contribution in [1.29, 1.82) is 0 Å². The van der Waals surface area contributed by atoms with Gasteiger partial charge in [0.15, 0.2) is 0 Å². The molecule has 1 aliphatic rings. The van der Waals surface area contributed by atoms with E-state index in [9.17, 15) is 4.79 Å². The lowest BCUT2D eigenvalue weighted by Gasteiger charge is -2.24. The zero-order valence-corrected chi connectivity index (χ0v) is 10.1. The zero-order chi connectivity index (χ0) is 11.7. The molecule has 0 aliphatic carbocycles. The van der Waals surface area contributed by atoms with E-state index in [-0.39, 0.29) is 11.9 Å². The summed E-state index contributed by atoms with van der Waals surface area (Å²) >= 11 is 0. The molecule has 16 heavy (non-hydrogen) atoms. The molecule has 0 radical (unpaired) electrons.